The molecule has 5 N–H and O–H groups in total. The number of hydrogen-bond acceptors (Lipinski definition) is 20. The fourth-order valence-electron chi connectivity index (χ4n) is 13.1. The number of aromatic nitrogens is 1. The number of hydrogen-bond donors (Lipinski definition) is 5. The Morgan fingerprint density at radius 2 is 1.44 bits per heavy atom. The van der Waals surface area contributed by atoms with Crippen molar-refractivity contribution in [3.05, 3.63) is 160 Å². The first-order valence-electron chi connectivity index (χ1n) is 35.8. The summed E-state index contributed by atoms with van der Waals surface area (Å²) in [6.07, 6.45) is 2.51. The molecule has 0 saturated carbocycles. The lowest BCUT2D eigenvalue weighted by atomic mass is 9.73. The van der Waals surface area contributed by atoms with Crippen LogP contribution in [0.1, 0.15) is 107 Å². The van der Waals surface area contributed by atoms with Gasteiger partial charge in [0.1, 0.15) is 23.6 Å². The molecular formula is C77H99ClF3N9O13S4. The third-order valence-electron chi connectivity index (χ3n) is 19.2. The van der Waals surface area contributed by atoms with Gasteiger partial charge in [0.15, 0.2) is 0 Å². The van der Waals surface area contributed by atoms with E-state index < -0.39 is 100 Å². The van der Waals surface area contributed by atoms with Crippen LogP contribution in [0.2, 0.25) is 5.02 Å². The van der Waals surface area contributed by atoms with Gasteiger partial charge in [0.25, 0.3) is 25.8 Å². The van der Waals surface area contributed by atoms with Crippen LogP contribution in [-0.2, 0) is 53.2 Å². The number of alkyl halides is 3. The highest BCUT2D eigenvalue weighted by atomic mass is 35.5. The lowest BCUT2D eigenvalue weighted by Gasteiger charge is -2.39. The average molecular weight is 1580 g/mol. The Kier molecular flexibility index (Phi) is 29.9. The van der Waals surface area contributed by atoms with E-state index in [1.54, 1.807) is 49.8 Å². The Labute approximate surface area is 639 Å². The zero-order valence-electron chi connectivity index (χ0n) is 61.8. The number of ether oxygens (including phenoxy) is 4. The number of amides is 4. The summed E-state index contributed by atoms with van der Waals surface area (Å²) in [6, 6.07) is 30.7. The molecule has 5 atom stereocenters. The number of aliphatic hydroxyl groups is 1. The predicted molar refractivity (Wildman–Crippen MR) is 412 cm³/mol. The van der Waals surface area contributed by atoms with Crippen molar-refractivity contribution < 1.29 is 73.2 Å². The second-order valence-corrected chi connectivity index (χ2v) is 35.1. The number of nitrogens with one attached hydrogen (secondary N) is 4. The molecule has 0 unspecified atom stereocenters. The molecule has 582 valence electrons. The number of benzene rings is 5. The smallest absolute Gasteiger partial charge is 0.391 e. The number of likely N-dealkylation sites (tertiary alicyclic amines) is 1. The first-order chi connectivity index (χ1) is 50.7. The highest BCUT2D eigenvalue weighted by Gasteiger charge is 2.49. The fraction of sp³-hybridized carbons (Fsp3) is 0.494. The summed E-state index contributed by atoms with van der Waals surface area (Å²) >= 11 is 9.16. The van der Waals surface area contributed by atoms with Gasteiger partial charge in [-0.25, -0.2) is 26.5 Å². The molecule has 1 aromatic heterocycles. The van der Waals surface area contributed by atoms with Gasteiger partial charge in [0.2, 0.25) is 17.7 Å². The number of thiazole rings is 1. The molecule has 2 saturated heterocycles. The quantitative estimate of drug-likeness (QED) is 0.0181. The number of β-amino-alcohol motifs (C(OH)–C–C–N with tert-alkyl or cyclic N) is 1. The van der Waals surface area contributed by atoms with Gasteiger partial charge in [-0.3, -0.25) is 24.1 Å². The number of aliphatic hydroxyl groups excluding tert-OH is 1. The Balaban J connectivity index is 0.684. The lowest BCUT2D eigenvalue weighted by Crippen LogP contribution is -2.58. The maximum absolute atomic E-state index is 14.5. The van der Waals surface area contributed by atoms with E-state index in [0.717, 1.165) is 83.3 Å². The molecule has 9 rings (SSSR count). The number of sulfone groups is 1. The number of sulfonamides is 1. The number of carbonyl (C=O) groups is 4. The van der Waals surface area contributed by atoms with Gasteiger partial charge in [-0.1, -0.05) is 106 Å². The third-order valence-corrected chi connectivity index (χ3v) is 24.4. The summed E-state index contributed by atoms with van der Waals surface area (Å²) in [4.78, 5) is 66.5. The summed E-state index contributed by atoms with van der Waals surface area (Å²) in [6.45, 7) is 19.5. The number of rotatable bonds is 36. The van der Waals surface area contributed by atoms with Crippen LogP contribution in [-0.4, -0.2) is 213 Å². The molecule has 0 radical (unpaired) electrons. The van der Waals surface area contributed by atoms with E-state index >= 15 is 0 Å². The van der Waals surface area contributed by atoms with Crippen LogP contribution < -0.4 is 25.6 Å². The average Bonchev–Trinajstić information content (AvgIpc) is 1.21. The van der Waals surface area contributed by atoms with Crippen LogP contribution in [0.4, 0.5) is 24.5 Å². The van der Waals surface area contributed by atoms with Gasteiger partial charge in [-0.2, -0.15) is 13.2 Å². The van der Waals surface area contributed by atoms with Crippen molar-refractivity contribution in [2.45, 2.75) is 131 Å². The minimum Gasteiger partial charge on any atom is -0.391 e. The maximum atomic E-state index is 14.5. The van der Waals surface area contributed by atoms with Crippen molar-refractivity contribution >= 4 is 95.1 Å². The highest BCUT2D eigenvalue weighted by molar-refractivity contribution is 7.99. The zero-order valence-corrected chi connectivity index (χ0v) is 65.8. The van der Waals surface area contributed by atoms with Crippen LogP contribution in [0.15, 0.2) is 147 Å². The van der Waals surface area contributed by atoms with E-state index in [2.05, 4.69) is 56.7 Å². The van der Waals surface area contributed by atoms with E-state index in [9.17, 15) is 54.3 Å². The molecule has 6 aromatic rings. The molecular weight excluding hydrogens is 1480 g/mol. The van der Waals surface area contributed by atoms with E-state index in [0.29, 0.717) is 50.3 Å². The van der Waals surface area contributed by atoms with Crippen LogP contribution in [0, 0.1) is 17.8 Å². The maximum Gasteiger partial charge on any atom is 0.501 e. The van der Waals surface area contributed by atoms with E-state index in [1.165, 1.54) is 45.5 Å². The number of aryl methyl sites for hydroxylation is 1. The molecule has 0 bridgehead atoms. The van der Waals surface area contributed by atoms with Gasteiger partial charge in [0.05, 0.1) is 85.1 Å². The minimum absolute atomic E-state index is 0.0385. The van der Waals surface area contributed by atoms with Gasteiger partial charge < -0.3 is 54.7 Å². The second kappa shape index (κ2) is 38.1. The van der Waals surface area contributed by atoms with Crippen LogP contribution >= 0.6 is 34.7 Å². The van der Waals surface area contributed by atoms with E-state index in [4.69, 9.17) is 30.5 Å². The first-order valence-corrected chi connectivity index (χ1v) is 41.1. The number of carbonyl (C=O) groups excluding carboxylic acids is 4. The number of thioether (sulfide) groups is 1. The lowest BCUT2D eigenvalue weighted by molar-refractivity contribution is -0.144. The highest BCUT2D eigenvalue weighted by Crippen LogP contribution is 2.44. The number of allylic oxidation sites excluding steroid dienone is 1. The van der Waals surface area contributed by atoms with Crippen molar-refractivity contribution in [2.24, 2.45) is 10.8 Å². The molecule has 1 aliphatic carbocycles. The number of piperazine rings is 1. The number of anilines is 2. The molecule has 2 fully saturated rings. The molecule has 5 aromatic carbocycles. The summed E-state index contributed by atoms with van der Waals surface area (Å²) in [5.41, 5.74) is 2.53. The standard InChI is InChI=1S/C77H99ClF3N9O13S4/c1-52(54-14-16-56(17-15-54)70-53(2)82-51-105-70)83-73(94)67-44-62(91)48-90(67)74(95)71(75(3,4)5)85-69(92)49-103-43-42-102-41-40-101-39-38-100-37-36-87(8)31-29-60(50-104-63-12-10-9-11-13-63)84-66-27-26-64(45-68(66)106(96,97)77(79,80)81)107(98,99)86-72(93)57-20-24-61(25-21-57)89-34-32-88(33-35-89)47-58-46-76(6,7)30-28-65(58)55-18-22-59(78)23-19-55/h9-27,45,51-52,60,62,67,71,84,91H,28-44,46-50H2,1-8H3,(H,83,94)(H,85,92)(H,86,93)/t52-,60+,62+,67-,71+/m0/s1. The molecule has 4 amide bonds. The van der Waals surface area contributed by atoms with Crippen molar-refractivity contribution in [3.63, 3.8) is 0 Å². The van der Waals surface area contributed by atoms with Gasteiger partial charge in [-0.05, 0) is 153 Å². The second-order valence-electron chi connectivity index (χ2n) is 29.1. The Hall–Kier alpha value is -7.00. The molecule has 3 heterocycles. The van der Waals surface area contributed by atoms with Crippen LogP contribution in [0.5, 0.6) is 0 Å². The number of likely N-dealkylation sites (N-methyl/N-ethyl adjacent to an activating group) is 1. The Morgan fingerprint density at radius 3 is 2.07 bits per heavy atom. The Bertz CT molecular complexity index is 4220. The SMILES string of the molecule is Cc1ncsc1-c1ccc([C@H](C)NC(=O)[C@@H]2C[C@@H](O)CN2C(=O)[C@@H](NC(=O)COCCOCCOCCOCCN(C)CC[C@H](CSc2ccccc2)Nc2ccc(S(=O)(=O)NC(=O)c3ccc(N4CCN(CC5=C(c6ccc(Cl)cc6)CCC(C)(C)C5)CC4)cc3)cc2S(=O)(=O)C(F)(F)F)C(C)(C)C)cc1. The summed E-state index contributed by atoms with van der Waals surface area (Å²) in [7, 11) is -9.27. The monoisotopic (exact) mass is 1580 g/mol. The molecule has 107 heavy (non-hydrogen) atoms. The molecule has 0 spiro atoms. The van der Waals surface area contributed by atoms with Gasteiger partial charge >= 0.3 is 5.51 Å². The van der Waals surface area contributed by atoms with E-state index in [-0.39, 0.29) is 75.9 Å². The fourth-order valence-corrected chi connectivity index (χ4v) is 17.0. The van der Waals surface area contributed by atoms with Crippen molar-refractivity contribution in [1.29, 1.82) is 0 Å². The largest absolute Gasteiger partial charge is 0.501 e. The molecule has 22 nitrogen and oxygen atoms in total. The van der Waals surface area contributed by atoms with Gasteiger partial charge in [0, 0.05) is 85.2 Å². The first kappa shape index (κ1) is 84.0. The van der Waals surface area contributed by atoms with E-state index in [1.807, 2.05) is 97.2 Å². The summed E-state index contributed by atoms with van der Waals surface area (Å²) in [5.74, 6) is -2.25. The minimum atomic E-state index is -6.16. The summed E-state index contributed by atoms with van der Waals surface area (Å²) < 4.78 is 122. The van der Waals surface area contributed by atoms with Crippen LogP contribution in [0.25, 0.3) is 16.0 Å². The third kappa shape index (κ3) is 24.0. The Morgan fingerprint density at radius 1 is 0.804 bits per heavy atom. The van der Waals surface area contributed by atoms with Crippen LogP contribution in [0.3, 0.4) is 0 Å². The summed E-state index contributed by atoms with van der Waals surface area (Å²) in [5, 5.41) is 20.2. The zero-order chi connectivity index (χ0) is 77.3. The molecule has 2 aliphatic heterocycles. The normalized spacial score (nSPS) is 17.6. The van der Waals surface area contributed by atoms with Crippen molar-refractivity contribution in [1.82, 2.24) is 35.0 Å². The molecule has 3 aliphatic rings. The topological polar surface area (TPSA) is 268 Å². The van der Waals surface area contributed by atoms with Crippen molar-refractivity contribution in [2.75, 3.05) is 128 Å². The number of nitrogens with zero attached hydrogens (tertiary/aromatic N) is 5. The van der Waals surface area contributed by atoms with Crippen molar-refractivity contribution in [3.8, 4) is 10.4 Å². The predicted octanol–water partition coefficient (Wildman–Crippen LogP) is 11.3. The van der Waals surface area contributed by atoms with Gasteiger partial charge in [-0.15, -0.1) is 23.1 Å². The number of halogens is 4. The molecule has 30 heteroatoms.